The van der Waals surface area contributed by atoms with Crippen molar-refractivity contribution in [1.82, 2.24) is 19.9 Å². The number of allylic oxidation sites excluding steroid dienone is 2. The van der Waals surface area contributed by atoms with Crippen LogP contribution in [-0.2, 0) is 0 Å². The van der Waals surface area contributed by atoms with Crippen LogP contribution in [-0.4, -0.2) is 19.9 Å². The summed E-state index contributed by atoms with van der Waals surface area (Å²) < 4.78 is 309. The number of nitrogens with zero attached hydrogens (tertiary/aromatic N) is 6. The Bertz CT molecular complexity index is 3960. The number of halogens is 20. The summed E-state index contributed by atoms with van der Waals surface area (Å²) in [5.74, 6) is -56.8. The van der Waals surface area contributed by atoms with E-state index in [0.717, 1.165) is 0 Å². The summed E-state index contributed by atoms with van der Waals surface area (Å²) >= 11 is 0. The van der Waals surface area contributed by atoms with E-state index in [1.807, 2.05) is 9.97 Å². The van der Waals surface area contributed by atoms with E-state index in [9.17, 15) is 38.6 Å². The maximum atomic E-state index is 16.2. The Hall–Kier alpha value is -9.96. The molecule has 0 aliphatic carbocycles. The van der Waals surface area contributed by atoms with Crippen LogP contribution in [0.3, 0.4) is 0 Å². The van der Waals surface area contributed by atoms with Crippen molar-refractivity contribution in [3.8, 4) is 68.8 Å². The van der Waals surface area contributed by atoms with E-state index in [4.69, 9.17) is 0 Å². The van der Waals surface area contributed by atoms with Crippen LogP contribution in [0.4, 0.5) is 87.8 Å². The Morgan fingerprint density at radius 2 is 0.513 bits per heavy atom. The minimum atomic E-state index is -2.88. The van der Waals surface area contributed by atoms with Crippen molar-refractivity contribution < 1.29 is 87.8 Å². The molecule has 0 saturated carbocycles. The largest absolute Gasteiger partial charge is 0.353 e. The first-order chi connectivity index (χ1) is 35.9. The maximum Gasteiger partial charge on any atom is 0.200 e. The van der Waals surface area contributed by atoms with Crippen LogP contribution >= 0.6 is 0 Å². The molecule has 9 rings (SSSR count). The number of hydrogen-bond donors (Lipinski definition) is 2. The summed E-state index contributed by atoms with van der Waals surface area (Å²) in [5, 5.41) is 41.8. The van der Waals surface area contributed by atoms with Gasteiger partial charge in [-0.05, 0) is 24.3 Å². The van der Waals surface area contributed by atoms with Crippen LogP contribution in [0.2, 0.25) is 0 Å². The molecular weight excluding hydrogens is 1070 g/mol. The number of H-pyrrole nitrogens is 2. The van der Waals surface area contributed by atoms with E-state index in [1.165, 1.54) is 24.3 Å². The van der Waals surface area contributed by atoms with Crippen LogP contribution in [0.5, 0.6) is 0 Å². The van der Waals surface area contributed by atoms with E-state index in [1.54, 1.807) is 0 Å². The quantitative estimate of drug-likeness (QED) is 0.102. The topological polar surface area (TPSA) is 153 Å². The molecule has 4 aromatic carbocycles. The number of aromatic amines is 2. The molecule has 378 valence electrons. The van der Waals surface area contributed by atoms with Gasteiger partial charge in [0, 0.05) is 22.3 Å². The first-order valence-corrected chi connectivity index (χ1v) is 19.9. The molecule has 7 aromatic rings. The molecule has 0 amide bonds. The van der Waals surface area contributed by atoms with E-state index in [0.29, 0.717) is 0 Å². The fourth-order valence-electron chi connectivity index (χ4n) is 8.21. The molecule has 2 N–H and O–H groups in total. The molecule has 0 atom stereocenters. The second-order valence-corrected chi connectivity index (χ2v) is 15.5. The van der Waals surface area contributed by atoms with Gasteiger partial charge in [0.2, 0.25) is 23.3 Å². The summed E-state index contributed by atoms with van der Waals surface area (Å²) in [4.78, 5) is 11.6. The van der Waals surface area contributed by atoms with Crippen LogP contribution in [0, 0.1) is 162 Å². The molecule has 28 heteroatoms. The molecule has 5 heterocycles. The van der Waals surface area contributed by atoms with Gasteiger partial charge in [-0.2, -0.15) is 21.0 Å². The van der Waals surface area contributed by atoms with Gasteiger partial charge in [-0.3, -0.25) is 0 Å². The number of aromatic nitrogens is 4. The zero-order valence-corrected chi connectivity index (χ0v) is 35.6. The lowest BCUT2D eigenvalue weighted by Gasteiger charge is -2.12. The molecule has 0 radical (unpaired) electrons. The maximum absolute atomic E-state index is 16.2. The third kappa shape index (κ3) is 7.05. The first-order valence-electron chi connectivity index (χ1n) is 19.9. The van der Waals surface area contributed by atoms with Crippen LogP contribution in [0.25, 0.3) is 89.9 Å². The molecular formula is C48H6F20N8. The van der Waals surface area contributed by atoms with Gasteiger partial charge in [0.15, 0.2) is 93.1 Å². The highest BCUT2D eigenvalue weighted by molar-refractivity contribution is 6.08. The predicted octanol–water partition coefficient (Wildman–Crippen LogP) is 13.6. The summed E-state index contributed by atoms with van der Waals surface area (Å²) in [6.45, 7) is 0. The molecule has 0 saturated heterocycles. The smallest absolute Gasteiger partial charge is 0.200 e. The van der Waals surface area contributed by atoms with Gasteiger partial charge in [0.1, 0.15) is 24.3 Å². The average Bonchev–Trinajstić information content (AvgIpc) is 4.25. The Morgan fingerprint density at radius 1 is 0.289 bits per heavy atom. The van der Waals surface area contributed by atoms with E-state index in [-0.39, 0.29) is 24.3 Å². The number of fused-ring (bicyclic) bond motifs is 8. The van der Waals surface area contributed by atoms with Gasteiger partial charge in [0.25, 0.3) is 0 Å². The van der Waals surface area contributed by atoms with Crippen molar-refractivity contribution in [2.45, 2.75) is 0 Å². The number of nitrogens with one attached hydrogen (secondary N) is 2. The average molecular weight is 1070 g/mol. The predicted molar refractivity (Wildman–Crippen MR) is 218 cm³/mol. The molecule has 3 aromatic heterocycles. The lowest BCUT2D eigenvalue weighted by molar-refractivity contribution is 0.381. The molecule has 0 spiro atoms. The first kappa shape index (κ1) is 51.0. The molecule has 2 aliphatic rings. The van der Waals surface area contributed by atoms with Crippen LogP contribution in [0.1, 0.15) is 33.9 Å². The fraction of sp³-hybridized carbons (Fsp3) is 0. The minimum absolute atomic E-state index is 0.211. The Kier molecular flexibility index (Phi) is 12.0. The second kappa shape index (κ2) is 17.9. The molecule has 2 aliphatic heterocycles. The van der Waals surface area contributed by atoms with Crippen molar-refractivity contribution in [3.05, 3.63) is 162 Å². The van der Waals surface area contributed by atoms with Crippen molar-refractivity contribution in [1.29, 1.82) is 21.0 Å². The number of hydrogen-bond acceptors (Lipinski definition) is 6. The Balaban J connectivity index is 1.74. The van der Waals surface area contributed by atoms with Gasteiger partial charge in [0.05, 0.1) is 89.4 Å². The molecule has 8 bridgehead atoms. The summed E-state index contributed by atoms with van der Waals surface area (Å²) in [5.41, 5.74) is -32.3. The molecule has 8 nitrogen and oxygen atoms in total. The zero-order chi connectivity index (χ0) is 55.6. The second-order valence-electron chi connectivity index (χ2n) is 15.5. The SMILES string of the molecule is N#CC1=Cc2nc1c(-c1c(F)c(F)c(F)c(F)c1F)c1cc(C#N)c([nH]1)c(-c1c(F)c(F)c(F)c(F)c1F)c1nc(c(-c3c(F)c(F)c(F)c(F)c3F)c3cc(C#N)c([nH]3)c2-c2c(F)c(F)c(F)c(F)c2F)C(C#N)=C1. The molecule has 0 fully saturated rings. The van der Waals surface area contributed by atoms with Crippen molar-refractivity contribution in [2.24, 2.45) is 0 Å². The third-order valence-corrected chi connectivity index (χ3v) is 11.5. The number of nitriles is 4. The monoisotopic (exact) mass is 1070 g/mol. The van der Waals surface area contributed by atoms with Crippen LogP contribution in [0.15, 0.2) is 12.1 Å². The van der Waals surface area contributed by atoms with Crippen molar-refractivity contribution in [2.75, 3.05) is 0 Å². The van der Waals surface area contributed by atoms with E-state index < -0.39 is 228 Å². The van der Waals surface area contributed by atoms with Gasteiger partial charge < -0.3 is 9.97 Å². The van der Waals surface area contributed by atoms with Gasteiger partial charge in [-0.25, -0.2) is 97.8 Å². The Labute approximate surface area is 404 Å². The van der Waals surface area contributed by atoms with Gasteiger partial charge in [-0.15, -0.1) is 0 Å². The van der Waals surface area contributed by atoms with Crippen molar-refractivity contribution in [3.63, 3.8) is 0 Å². The zero-order valence-electron chi connectivity index (χ0n) is 35.6. The van der Waals surface area contributed by atoms with Gasteiger partial charge >= 0.3 is 0 Å². The minimum Gasteiger partial charge on any atom is -0.353 e. The standard InChI is InChI=1S/C48H6F20N8/c49-25-21(26(50)34(58)41(65)33(25)57)17-13-1-9(5-69)45(73-13)18(22-27(51)35(59)42(66)36(60)28(22)52)14-3-11(7-71)47(75-14)20(24-31(55)39(63)44(68)40(64)32(24)56)16-4-12(8-72)48(76-16)19(15-2-10(6-70)46(17)74-15)23-29(53)37(61)43(67)38(62)30(23)54/h1-4,73,76H. The van der Waals surface area contributed by atoms with Gasteiger partial charge in [-0.1, -0.05) is 0 Å². The number of rotatable bonds is 4. The lowest BCUT2D eigenvalue weighted by atomic mass is 9.97. The fourth-order valence-corrected chi connectivity index (χ4v) is 8.21. The molecule has 0 unspecified atom stereocenters. The number of benzene rings is 4. The highest BCUT2D eigenvalue weighted by Crippen LogP contribution is 2.47. The molecule has 76 heavy (non-hydrogen) atoms. The highest BCUT2D eigenvalue weighted by atomic mass is 19.2. The summed E-state index contributed by atoms with van der Waals surface area (Å²) in [6.07, 6.45) is 0.423. The lowest BCUT2D eigenvalue weighted by Crippen LogP contribution is -2.06. The van der Waals surface area contributed by atoms with E-state index >= 15 is 70.2 Å². The Morgan fingerprint density at radius 3 is 0.737 bits per heavy atom. The van der Waals surface area contributed by atoms with Crippen molar-refractivity contribution >= 4 is 45.4 Å². The highest BCUT2D eigenvalue weighted by Gasteiger charge is 2.38. The van der Waals surface area contributed by atoms with Crippen LogP contribution < -0.4 is 0 Å². The normalized spacial score (nSPS) is 12.1. The summed E-state index contributed by atoms with van der Waals surface area (Å²) in [6, 6.07) is 5.63. The summed E-state index contributed by atoms with van der Waals surface area (Å²) in [7, 11) is 0. The third-order valence-electron chi connectivity index (χ3n) is 11.5. The van der Waals surface area contributed by atoms with E-state index in [2.05, 4.69) is 9.97 Å².